The zero-order chi connectivity index (χ0) is 10.1. The van der Waals surface area contributed by atoms with Crippen LogP contribution in [0.2, 0.25) is 0 Å². The van der Waals surface area contributed by atoms with Crippen molar-refractivity contribution in [2.45, 2.75) is 25.8 Å². The third-order valence-corrected chi connectivity index (χ3v) is 2.63. The molecule has 2 aliphatic rings. The van der Waals surface area contributed by atoms with Crippen LogP contribution in [0.1, 0.15) is 19.8 Å². The van der Waals surface area contributed by atoms with Gasteiger partial charge in [-0.05, 0) is 25.3 Å². The Kier molecular flexibility index (Phi) is 2.11. The lowest BCUT2D eigenvalue weighted by Gasteiger charge is -2.26. The fourth-order valence-electron chi connectivity index (χ4n) is 1.89. The molecule has 1 unspecified atom stereocenters. The molecule has 0 fully saturated rings. The van der Waals surface area contributed by atoms with E-state index in [1.54, 1.807) is 6.34 Å². The van der Waals surface area contributed by atoms with Gasteiger partial charge in [0, 0.05) is 5.57 Å². The molecule has 0 aromatic rings. The van der Waals surface area contributed by atoms with Gasteiger partial charge >= 0.3 is 0 Å². The average molecular weight is 190 g/mol. The molecule has 0 aromatic heterocycles. The molecular weight excluding hydrogens is 176 g/mol. The molecule has 2 rings (SSSR count). The topological polar surface area (TPSA) is 74.3 Å². The van der Waals surface area contributed by atoms with Gasteiger partial charge in [-0.1, -0.05) is 6.08 Å². The molecule has 14 heavy (non-hydrogen) atoms. The zero-order valence-corrected chi connectivity index (χ0v) is 8.17. The Labute approximate surface area is 83.1 Å². The minimum absolute atomic E-state index is 0.167. The largest absolute Gasteiger partial charge is 0.384 e. The first-order valence-corrected chi connectivity index (χ1v) is 4.76. The summed E-state index contributed by atoms with van der Waals surface area (Å²) >= 11 is 0. The molecule has 0 bridgehead atoms. The highest BCUT2D eigenvalue weighted by atomic mass is 15.0. The molecule has 4 N–H and O–H groups in total. The van der Waals surface area contributed by atoms with Crippen molar-refractivity contribution in [3.05, 3.63) is 22.9 Å². The molecule has 0 spiro atoms. The van der Waals surface area contributed by atoms with Crippen molar-refractivity contribution in [1.29, 1.82) is 5.41 Å². The number of hydrogen-bond donors (Lipinski definition) is 3. The van der Waals surface area contributed by atoms with E-state index in [9.17, 15) is 0 Å². The molecule has 0 aromatic carbocycles. The average Bonchev–Trinajstić information content (AvgIpc) is 2.17. The zero-order valence-electron chi connectivity index (χ0n) is 8.17. The number of nitrogens with one attached hydrogen (secondary N) is 2. The lowest BCUT2D eigenvalue weighted by atomic mass is 9.91. The fraction of sp³-hybridized carbons (Fsp3) is 0.400. The molecule has 0 amide bonds. The predicted octanol–water partition coefficient (Wildman–Crippen LogP) is 0.917. The summed E-state index contributed by atoms with van der Waals surface area (Å²) in [5, 5.41) is 10.6. The Balaban J connectivity index is 2.46. The number of aliphatic imine (C=N–C) groups is 1. The van der Waals surface area contributed by atoms with Crippen molar-refractivity contribution < 1.29 is 0 Å². The second-order valence-electron chi connectivity index (χ2n) is 3.56. The number of allylic oxidation sites excluding steroid dienone is 1. The molecule has 4 heteroatoms. The van der Waals surface area contributed by atoms with Crippen molar-refractivity contribution in [2.24, 2.45) is 10.7 Å². The maximum Gasteiger partial charge on any atom is 0.120 e. The molecule has 1 heterocycles. The minimum atomic E-state index is 0.167. The van der Waals surface area contributed by atoms with Gasteiger partial charge < -0.3 is 11.1 Å². The van der Waals surface area contributed by atoms with Gasteiger partial charge in [-0.3, -0.25) is 10.4 Å². The van der Waals surface area contributed by atoms with Crippen LogP contribution in [0.25, 0.3) is 0 Å². The molecule has 0 saturated heterocycles. The lowest BCUT2D eigenvalue weighted by molar-refractivity contribution is 0.781. The van der Waals surface area contributed by atoms with Gasteiger partial charge in [-0.25, -0.2) is 0 Å². The summed E-state index contributed by atoms with van der Waals surface area (Å²) in [5.41, 5.74) is 8.61. The van der Waals surface area contributed by atoms with Crippen molar-refractivity contribution in [1.82, 2.24) is 5.32 Å². The maximum absolute atomic E-state index is 7.49. The second-order valence-corrected chi connectivity index (χ2v) is 3.56. The predicted molar refractivity (Wildman–Crippen MR) is 57.3 cm³/mol. The molecule has 0 saturated carbocycles. The Hall–Kier alpha value is -1.58. The summed E-state index contributed by atoms with van der Waals surface area (Å²) in [5.74, 6) is 0.167. The first-order valence-electron chi connectivity index (χ1n) is 4.76. The summed E-state index contributed by atoms with van der Waals surface area (Å²) in [6, 6.07) is 0.181. The van der Waals surface area contributed by atoms with E-state index < -0.39 is 0 Å². The smallest absolute Gasteiger partial charge is 0.120 e. The third kappa shape index (κ3) is 1.32. The SMILES string of the molecule is CC1N=CNC2=C(C(=N)N)CCC=C21. The van der Waals surface area contributed by atoms with Gasteiger partial charge in [-0.2, -0.15) is 0 Å². The van der Waals surface area contributed by atoms with Crippen LogP contribution in [0.3, 0.4) is 0 Å². The van der Waals surface area contributed by atoms with Crippen LogP contribution < -0.4 is 11.1 Å². The van der Waals surface area contributed by atoms with E-state index in [2.05, 4.69) is 16.4 Å². The fourth-order valence-corrected chi connectivity index (χ4v) is 1.89. The van der Waals surface area contributed by atoms with E-state index in [-0.39, 0.29) is 11.9 Å². The van der Waals surface area contributed by atoms with Crippen molar-refractivity contribution in [3.63, 3.8) is 0 Å². The Bertz CT molecular complexity index is 362. The van der Waals surface area contributed by atoms with E-state index in [1.165, 1.54) is 5.57 Å². The highest BCUT2D eigenvalue weighted by Gasteiger charge is 2.23. The van der Waals surface area contributed by atoms with Crippen LogP contribution in [0, 0.1) is 5.41 Å². The van der Waals surface area contributed by atoms with Gasteiger partial charge in [-0.15, -0.1) is 0 Å². The van der Waals surface area contributed by atoms with Crippen molar-refractivity contribution in [2.75, 3.05) is 0 Å². The molecule has 1 atom stereocenters. The summed E-state index contributed by atoms with van der Waals surface area (Å²) < 4.78 is 0. The van der Waals surface area contributed by atoms with Crippen LogP contribution in [-0.4, -0.2) is 18.2 Å². The standard InChI is InChI=1S/C10H14N4/c1-6-7-3-2-4-8(10(11)12)9(7)14-5-13-6/h3,5-6H,2,4H2,1H3,(H3,11,12)(H,13,14). The maximum atomic E-state index is 7.49. The molecule has 1 aliphatic carbocycles. The van der Waals surface area contributed by atoms with Crippen LogP contribution in [0.4, 0.5) is 0 Å². The van der Waals surface area contributed by atoms with Crippen LogP contribution in [0.15, 0.2) is 27.9 Å². The normalized spacial score (nSPS) is 25.2. The van der Waals surface area contributed by atoms with E-state index in [1.807, 2.05) is 6.92 Å². The number of amidine groups is 1. The van der Waals surface area contributed by atoms with Gasteiger partial charge in [0.25, 0.3) is 0 Å². The first-order chi connectivity index (χ1) is 6.70. The number of fused-ring (bicyclic) bond motifs is 1. The second kappa shape index (κ2) is 3.29. The molecule has 1 aliphatic heterocycles. The summed E-state index contributed by atoms with van der Waals surface area (Å²) in [6.07, 6.45) is 5.67. The molecule has 4 nitrogen and oxygen atoms in total. The van der Waals surface area contributed by atoms with Gasteiger partial charge in [0.1, 0.15) is 5.84 Å². The van der Waals surface area contributed by atoms with Gasteiger partial charge in [0.15, 0.2) is 0 Å². The lowest BCUT2D eigenvalue weighted by Crippen LogP contribution is -2.31. The molecule has 74 valence electrons. The number of nitrogens with two attached hydrogens (primary N) is 1. The number of hydrogen-bond acceptors (Lipinski definition) is 3. The first kappa shape index (κ1) is 8.99. The quantitative estimate of drug-likeness (QED) is 0.425. The van der Waals surface area contributed by atoms with Crippen LogP contribution in [-0.2, 0) is 0 Å². The number of rotatable bonds is 1. The monoisotopic (exact) mass is 190 g/mol. The molecular formula is C10H14N4. The van der Waals surface area contributed by atoms with E-state index in [0.717, 1.165) is 24.1 Å². The summed E-state index contributed by atoms with van der Waals surface area (Å²) in [6.45, 7) is 2.05. The van der Waals surface area contributed by atoms with E-state index in [4.69, 9.17) is 11.1 Å². The molecule has 0 radical (unpaired) electrons. The number of nitrogens with zero attached hydrogens (tertiary/aromatic N) is 1. The third-order valence-electron chi connectivity index (χ3n) is 2.63. The van der Waals surface area contributed by atoms with E-state index in [0.29, 0.717) is 0 Å². The highest BCUT2D eigenvalue weighted by molar-refractivity contribution is 5.96. The van der Waals surface area contributed by atoms with Crippen LogP contribution in [0.5, 0.6) is 0 Å². The van der Waals surface area contributed by atoms with E-state index >= 15 is 0 Å². The van der Waals surface area contributed by atoms with Crippen molar-refractivity contribution in [3.8, 4) is 0 Å². The Morgan fingerprint density at radius 1 is 1.71 bits per heavy atom. The van der Waals surface area contributed by atoms with Gasteiger partial charge in [0.05, 0.1) is 18.1 Å². The van der Waals surface area contributed by atoms with Crippen molar-refractivity contribution >= 4 is 12.2 Å². The highest BCUT2D eigenvalue weighted by Crippen LogP contribution is 2.28. The summed E-state index contributed by atoms with van der Waals surface area (Å²) in [7, 11) is 0. The Morgan fingerprint density at radius 3 is 3.21 bits per heavy atom. The Morgan fingerprint density at radius 2 is 2.50 bits per heavy atom. The van der Waals surface area contributed by atoms with Gasteiger partial charge in [0.2, 0.25) is 0 Å². The van der Waals surface area contributed by atoms with Crippen LogP contribution >= 0.6 is 0 Å². The summed E-state index contributed by atoms with van der Waals surface area (Å²) in [4.78, 5) is 4.26. The minimum Gasteiger partial charge on any atom is -0.384 e.